The van der Waals surface area contributed by atoms with Crippen molar-refractivity contribution in [1.82, 2.24) is 4.90 Å². The summed E-state index contributed by atoms with van der Waals surface area (Å²) in [6.45, 7) is 7.44. The van der Waals surface area contributed by atoms with E-state index in [1.807, 2.05) is 36.4 Å². The Hall–Kier alpha value is -2.18. The van der Waals surface area contributed by atoms with Crippen LogP contribution in [0.25, 0.3) is 10.8 Å². The molecule has 1 aliphatic rings. The minimum atomic E-state index is 0.0844. The second-order valence-corrected chi connectivity index (χ2v) is 6.93. The normalized spacial score (nSPS) is 21.5. The van der Waals surface area contributed by atoms with Crippen molar-refractivity contribution in [3.8, 4) is 6.07 Å². The Bertz CT molecular complexity index is 790. The Morgan fingerprint density at radius 2 is 2.00 bits per heavy atom. The first-order chi connectivity index (χ1) is 11.6. The van der Waals surface area contributed by atoms with Crippen molar-refractivity contribution in [3.63, 3.8) is 0 Å². The van der Waals surface area contributed by atoms with Gasteiger partial charge in [-0.1, -0.05) is 32.0 Å². The zero-order valence-electron chi connectivity index (χ0n) is 14.5. The lowest BCUT2D eigenvalue weighted by molar-refractivity contribution is 0.0720. The van der Waals surface area contributed by atoms with Gasteiger partial charge in [0.2, 0.25) is 0 Å². The molecule has 1 saturated heterocycles. The maximum atomic E-state index is 13.0. The lowest BCUT2D eigenvalue weighted by Gasteiger charge is -2.36. The van der Waals surface area contributed by atoms with Crippen LogP contribution in [0.5, 0.6) is 0 Å². The molecule has 2 aromatic carbocycles. The number of carbonyl (C=O) groups is 1. The van der Waals surface area contributed by atoms with E-state index in [9.17, 15) is 4.79 Å². The summed E-state index contributed by atoms with van der Waals surface area (Å²) < 4.78 is 0. The smallest absolute Gasteiger partial charge is 0.167 e. The predicted molar refractivity (Wildman–Crippen MR) is 97.0 cm³/mol. The van der Waals surface area contributed by atoms with Gasteiger partial charge in [-0.25, -0.2) is 0 Å². The minimum Gasteiger partial charge on any atom is -0.303 e. The van der Waals surface area contributed by atoms with Crippen LogP contribution in [-0.2, 0) is 0 Å². The van der Waals surface area contributed by atoms with Crippen LogP contribution in [-0.4, -0.2) is 30.3 Å². The number of hydrogen-bond donors (Lipinski definition) is 0. The van der Waals surface area contributed by atoms with E-state index >= 15 is 0 Å². The number of rotatable bonds is 4. The van der Waals surface area contributed by atoms with Crippen LogP contribution < -0.4 is 0 Å². The molecule has 0 aliphatic carbocycles. The molecule has 2 unspecified atom stereocenters. The highest BCUT2D eigenvalue weighted by molar-refractivity contribution is 6.01. The summed E-state index contributed by atoms with van der Waals surface area (Å²) in [6.07, 6.45) is 2.22. The molecule has 3 rings (SSSR count). The zero-order valence-corrected chi connectivity index (χ0v) is 14.5. The number of hydrogen-bond acceptors (Lipinski definition) is 3. The van der Waals surface area contributed by atoms with Gasteiger partial charge in [-0.2, -0.15) is 5.26 Å². The van der Waals surface area contributed by atoms with E-state index in [0.717, 1.165) is 48.8 Å². The molecule has 1 aliphatic heterocycles. The van der Waals surface area contributed by atoms with Crippen molar-refractivity contribution in [2.45, 2.75) is 26.7 Å². The monoisotopic (exact) mass is 320 g/mol. The number of carbonyl (C=O) groups excluding carboxylic acids is 1. The third-order valence-corrected chi connectivity index (χ3v) is 5.17. The predicted octanol–water partition coefficient (Wildman–Crippen LogP) is 4.26. The van der Waals surface area contributed by atoms with Crippen molar-refractivity contribution in [1.29, 1.82) is 5.26 Å². The fourth-order valence-electron chi connectivity index (χ4n) is 3.68. The standard InChI is InChI=1S/C21H24N2O/c1-3-9-23-10-8-15(2)20(14-23)21(24)19-7-6-17-11-16(13-22)4-5-18(17)12-19/h4-7,11-12,15,20H,3,8-10,14H2,1-2H3. The van der Waals surface area contributed by atoms with E-state index in [1.165, 1.54) is 0 Å². The maximum absolute atomic E-state index is 13.0. The number of Topliss-reactive ketones (excluding diaryl/α,β-unsaturated/α-hetero) is 1. The molecule has 2 aromatic rings. The maximum Gasteiger partial charge on any atom is 0.167 e. The van der Waals surface area contributed by atoms with E-state index in [0.29, 0.717) is 11.5 Å². The fraction of sp³-hybridized carbons (Fsp3) is 0.429. The quantitative estimate of drug-likeness (QED) is 0.791. The first-order valence-electron chi connectivity index (χ1n) is 8.83. The van der Waals surface area contributed by atoms with E-state index < -0.39 is 0 Å². The van der Waals surface area contributed by atoms with Gasteiger partial charge in [0.1, 0.15) is 0 Å². The summed E-state index contributed by atoms with van der Waals surface area (Å²) in [5, 5.41) is 11.0. The fourth-order valence-corrected chi connectivity index (χ4v) is 3.68. The second kappa shape index (κ2) is 7.15. The highest BCUT2D eigenvalue weighted by Crippen LogP contribution is 2.28. The largest absolute Gasteiger partial charge is 0.303 e. The number of benzene rings is 2. The Labute approximate surface area is 143 Å². The number of piperidine rings is 1. The van der Waals surface area contributed by atoms with Crippen LogP contribution in [0.2, 0.25) is 0 Å². The van der Waals surface area contributed by atoms with E-state index in [1.54, 1.807) is 0 Å². The third kappa shape index (κ3) is 3.34. The van der Waals surface area contributed by atoms with Gasteiger partial charge in [0.25, 0.3) is 0 Å². The first kappa shape index (κ1) is 16.7. The van der Waals surface area contributed by atoms with E-state index in [4.69, 9.17) is 5.26 Å². The lowest BCUT2D eigenvalue weighted by atomic mass is 9.81. The molecule has 24 heavy (non-hydrogen) atoms. The summed E-state index contributed by atoms with van der Waals surface area (Å²) in [5.74, 6) is 0.776. The number of ketones is 1. The molecule has 0 saturated carbocycles. The highest BCUT2D eigenvalue weighted by atomic mass is 16.1. The minimum absolute atomic E-state index is 0.0844. The van der Waals surface area contributed by atoms with Crippen molar-refractivity contribution >= 4 is 16.6 Å². The molecule has 124 valence electrons. The molecular formula is C21H24N2O. The zero-order chi connectivity index (χ0) is 17.1. The first-order valence-corrected chi connectivity index (χ1v) is 8.83. The van der Waals surface area contributed by atoms with Crippen LogP contribution in [0.1, 0.15) is 42.6 Å². The number of likely N-dealkylation sites (tertiary alicyclic amines) is 1. The van der Waals surface area contributed by atoms with Gasteiger partial charge in [-0.05, 0) is 60.8 Å². The van der Waals surface area contributed by atoms with Crippen LogP contribution >= 0.6 is 0 Å². The van der Waals surface area contributed by atoms with Gasteiger partial charge >= 0.3 is 0 Å². The van der Waals surface area contributed by atoms with Gasteiger partial charge in [0, 0.05) is 18.0 Å². The molecule has 0 bridgehead atoms. The van der Waals surface area contributed by atoms with Crippen molar-refractivity contribution in [2.75, 3.05) is 19.6 Å². The van der Waals surface area contributed by atoms with Crippen molar-refractivity contribution in [2.24, 2.45) is 11.8 Å². The molecule has 0 amide bonds. The molecule has 0 N–H and O–H groups in total. The highest BCUT2D eigenvalue weighted by Gasteiger charge is 2.31. The summed E-state index contributed by atoms with van der Waals surface area (Å²) in [4.78, 5) is 15.5. The Morgan fingerprint density at radius 3 is 2.75 bits per heavy atom. The van der Waals surface area contributed by atoms with Gasteiger partial charge in [-0.15, -0.1) is 0 Å². The number of nitrogens with zero attached hydrogens (tertiary/aromatic N) is 2. The van der Waals surface area contributed by atoms with Gasteiger partial charge < -0.3 is 4.90 Å². The third-order valence-electron chi connectivity index (χ3n) is 5.17. The Morgan fingerprint density at radius 1 is 1.25 bits per heavy atom. The lowest BCUT2D eigenvalue weighted by Crippen LogP contribution is -2.43. The van der Waals surface area contributed by atoms with E-state index in [-0.39, 0.29) is 11.7 Å². The molecule has 1 fully saturated rings. The molecule has 2 atom stereocenters. The van der Waals surface area contributed by atoms with Gasteiger partial charge in [-0.3, -0.25) is 4.79 Å². The molecular weight excluding hydrogens is 296 g/mol. The average molecular weight is 320 g/mol. The molecule has 0 aromatic heterocycles. The summed E-state index contributed by atoms with van der Waals surface area (Å²) in [7, 11) is 0. The van der Waals surface area contributed by atoms with Crippen LogP contribution in [0, 0.1) is 23.2 Å². The Balaban J connectivity index is 1.86. The van der Waals surface area contributed by atoms with Crippen LogP contribution in [0.4, 0.5) is 0 Å². The molecule has 3 heteroatoms. The SMILES string of the molecule is CCCN1CCC(C)C(C(=O)c2ccc3cc(C#N)ccc3c2)C1. The summed E-state index contributed by atoms with van der Waals surface area (Å²) >= 11 is 0. The van der Waals surface area contributed by atoms with Crippen LogP contribution in [0.3, 0.4) is 0 Å². The number of fused-ring (bicyclic) bond motifs is 1. The van der Waals surface area contributed by atoms with E-state index in [2.05, 4.69) is 24.8 Å². The molecule has 1 heterocycles. The van der Waals surface area contributed by atoms with Crippen LogP contribution in [0.15, 0.2) is 36.4 Å². The van der Waals surface area contributed by atoms with Gasteiger partial charge in [0.15, 0.2) is 5.78 Å². The second-order valence-electron chi connectivity index (χ2n) is 6.93. The molecule has 0 spiro atoms. The average Bonchev–Trinajstić information content (AvgIpc) is 2.62. The summed E-state index contributed by atoms with van der Waals surface area (Å²) in [6, 6.07) is 13.6. The topological polar surface area (TPSA) is 44.1 Å². The Kier molecular flexibility index (Phi) is 4.97. The number of nitriles is 1. The van der Waals surface area contributed by atoms with Crippen molar-refractivity contribution in [3.05, 3.63) is 47.5 Å². The van der Waals surface area contributed by atoms with Crippen molar-refractivity contribution < 1.29 is 4.79 Å². The molecule has 3 nitrogen and oxygen atoms in total. The van der Waals surface area contributed by atoms with Gasteiger partial charge in [0.05, 0.1) is 11.6 Å². The molecule has 0 radical (unpaired) electrons. The summed E-state index contributed by atoms with van der Waals surface area (Å²) in [5.41, 5.74) is 1.44.